The number of carbonyl (C=O) groups excluding carboxylic acids is 1. The first-order valence-electron chi connectivity index (χ1n) is 5.85. The van der Waals surface area contributed by atoms with Gasteiger partial charge in [-0.15, -0.1) is 0 Å². The molecule has 0 aliphatic carbocycles. The number of amides is 1. The fourth-order valence-electron chi connectivity index (χ4n) is 2.20. The first-order chi connectivity index (χ1) is 8.08. The highest BCUT2D eigenvalue weighted by atomic mass is 16.3. The minimum absolute atomic E-state index is 0.0683. The second-order valence-electron chi connectivity index (χ2n) is 4.55. The van der Waals surface area contributed by atoms with Crippen molar-refractivity contribution in [2.24, 2.45) is 0 Å². The van der Waals surface area contributed by atoms with Gasteiger partial charge in [0.25, 0.3) is 5.91 Å². The van der Waals surface area contributed by atoms with E-state index in [-0.39, 0.29) is 11.7 Å². The third kappa shape index (κ3) is 2.58. The summed E-state index contributed by atoms with van der Waals surface area (Å²) in [6.07, 6.45) is 1.19. The molecule has 1 aromatic rings. The fourth-order valence-corrected chi connectivity index (χ4v) is 2.20. The van der Waals surface area contributed by atoms with Crippen LogP contribution in [-0.4, -0.2) is 40.2 Å². The molecule has 1 aliphatic heterocycles. The van der Waals surface area contributed by atoms with Crippen molar-refractivity contribution in [3.8, 4) is 5.75 Å². The maximum Gasteiger partial charge on any atom is 0.254 e. The molecular weight excluding hydrogens is 218 g/mol. The van der Waals surface area contributed by atoms with Gasteiger partial charge < -0.3 is 15.1 Å². The normalized spacial score (nSPS) is 20.4. The third-order valence-corrected chi connectivity index (χ3v) is 3.12. The van der Waals surface area contributed by atoms with Crippen molar-refractivity contribution >= 4 is 5.91 Å². The summed E-state index contributed by atoms with van der Waals surface area (Å²) in [4.78, 5) is 13.9. The molecule has 1 amide bonds. The van der Waals surface area contributed by atoms with Crippen LogP contribution in [0.4, 0.5) is 0 Å². The summed E-state index contributed by atoms with van der Waals surface area (Å²) in [6, 6.07) is 4.72. The van der Waals surface area contributed by atoms with Crippen LogP contribution in [0.5, 0.6) is 5.75 Å². The second kappa shape index (κ2) is 4.75. The maximum atomic E-state index is 12.2. The molecule has 1 aromatic carbocycles. The van der Waals surface area contributed by atoms with Gasteiger partial charge in [-0.2, -0.15) is 0 Å². The zero-order valence-corrected chi connectivity index (χ0v) is 9.89. The summed E-state index contributed by atoms with van der Waals surface area (Å²) in [5.41, 5.74) is 1.35. The van der Waals surface area contributed by atoms with Crippen LogP contribution in [0.25, 0.3) is 0 Å². The van der Waals surface area contributed by atoms with Crippen LogP contribution >= 0.6 is 0 Å². The van der Waals surface area contributed by atoms with Crippen LogP contribution in [0.3, 0.4) is 0 Å². The Kier molecular flexibility index (Phi) is 3.33. The summed E-state index contributed by atoms with van der Waals surface area (Å²) >= 11 is 0. The van der Waals surface area contributed by atoms with Crippen LogP contribution in [-0.2, 0) is 0 Å². The summed E-state index contributed by atoms with van der Waals surface area (Å²) < 4.78 is 0. The number of nitrogens with zero attached hydrogens (tertiary/aromatic N) is 1. The first-order valence-corrected chi connectivity index (χ1v) is 5.85. The van der Waals surface area contributed by atoms with Crippen LogP contribution in [0.2, 0.25) is 0 Å². The lowest BCUT2D eigenvalue weighted by Gasteiger charge is -2.30. The van der Waals surface area contributed by atoms with E-state index >= 15 is 0 Å². The summed E-state index contributed by atoms with van der Waals surface area (Å²) in [5.74, 6) is 0.0963. The number of phenols is 1. The lowest BCUT2D eigenvalue weighted by molar-refractivity contribution is 0.0473. The Balaban J connectivity index is 2.18. The smallest absolute Gasteiger partial charge is 0.254 e. The number of phenolic OH excluding ortho intramolecular Hbond substituents is 1. The van der Waals surface area contributed by atoms with Gasteiger partial charge in [-0.3, -0.25) is 4.79 Å². The summed E-state index contributed by atoms with van der Waals surface area (Å²) in [7, 11) is 0. The molecule has 0 radical (unpaired) electrons. The molecule has 1 heterocycles. The number of aliphatic hydroxyl groups is 1. The molecule has 17 heavy (non-hydrogen) atoms. The molecule has 0 saturated carbocycles. The van der Waals surface area contributed by atoms with Gasteiger partial charge in [0, 0.05) is 18.7 Å². The number of hydrogen-bond donors (Lipinski definition) is 2. The van der Waals surface area contributed by atoms with Gasteiger partial charge in [0.1, 0.15) is 5.75 Å². The molecule has 1 aliphatic rings. The van der Waals surface area contributed by atoms with Gasteiger partial charge >= 0.3 is 0 Å². The Morgan fingerprint density at radius 2 is 2.24 bits per heavy atom. The van der Waals surface area contributed by atoms with E-state index in [1.807, 2.05) is 0 Å². The van der Waals surface area contributed by atoms with Gasteiger partial charge in [0.05, 0.1) is 6.10 Å². The van der Waals surface area contributed by atoms with E-state index in [4.69, 9.17) is 0 Å². The van der Waals surface area contributed by atoms with Crippen molar-refractivity contribution in [2.45, 2.75) is 25.9 Å². The predicted octanol–water partition coefficient (Wildman–Crippen LogP) is 1.30. The highest BCUT2D eigenvalue weighted by Crippen LogP contribution is 2.19. The average molecular weight is 235 g/mol. The monoisotopic (exact) mass is 235 g/mol. The van der Waals surface area contributed by atoms with Gasteiger partial charge in [-0.05, 0) is 43.5 Å². The number of benzene rings is 1. The van der Waals surface area contributed by atoms with E-state index in [0.29, 0.717) is 18.7 Å². The van der Waals surface area contributed by atoms with Crippen molar-refractivity contribution in [3.05, 3.63) is 29.3 Å². The minimum atomic E-state index is -0.412. The minimum Gasteiger partial charge on any atom is -0.508 e. The van der Waals surface area contributed by atoms with Gasteiger partial charge in [-0.1, -0.05) is 0 Å². The number of rotatable bonds is 1. The number of piperidine rings is 1. The fraction of sp³-hybridized carbons (Fsp3) is 0.462. The number of β-amino-alcohol motifs (C(OH)–C–C–N with tert-alkyl or cyclic N) is 1. The number of aromatic hydroxyl groups is 1. The lowest BCUT2D eigenvalue weighted by Crippen LogP contribution is -2.42. The van der Waals surface area contributed by atoms with Gasteiger partial charge in [0.2, 0.25) is 0 Å². The predicted molar refractivity (Wildman–Crippen MR) is 64.0 cm³/mol. The van der Waals surface area contributed by atoms with E-state index in [2.05, 4.69) is 0 Å². The number of aliphatic hydroxyl groups excluding tert-OH is 1. The van der Waals surface area contributed by atoms with E-state index in [1.165, 1.54) is 6.07 Å². The summed E-state index contributed by atoms with van der Waals surface area (Å²) in [6.45, 7) is 2.89. The van der Waals surface area contributed by atoms with Crippen LogP contribution in [0.1, 0.15) is 28.8 Å². The Bertz CT molecular complexity index is 431. The lowest BCUT2D eigenvalue weighted by atomic mass is 10.0. The van der Waals surface area contributed by atoms with Gasteiger partial charge in [0.15, 0.2) is 0 Å². The van der Waals surface area contributed by atoms with Crippen molar-refractivity contribution in [2.75, 3.05) is 13.1 Å². The van der Waals surface area contributed by atoms with Crippen molar-refractivity contribution in [1.82, 2.24) is 4.90 Å². The molecular formula is C13H17NO3. The SMILES string of the molecule is Cc1cc(O)ccc1C(=O)N1CCC[C@H](O)C1. The molecule has 0 spiro atoms. The van der Waals surface area contributed by atoms with Crippen molar-refractivity contribution < 1.29 is 15.0 Å². The molecule has 2 N–H and O–H groups in total. The molecule has 2 rings (SSSR count). The van der Waals surface area contributed by atoms with Crippen molar-refractivity contribution in [1.29, 1.82) is 0 Å². The van der Waals surface area contributed by atoms with Crippen LogP contribution in [0.15, 0.2) is 18.2 Å². The molecule has 4 nitrogen and oxygen atoms in total. The highest BCUT2D eigenvalue weighted by Gasteiger charge is 2.23. The Morgan fingerprint density at radius 1 is 1.47 bits per heavy atom. The molecule has 1 fully saturated rings. The van der Waals surface area contributed by atoms with Gasteiger partial charge in [-0.25, -0.2) is 0 Å². The zero-order valence-electron chi connectivity index (χ0n) is 9.89. The van der Waals surface area contributed by atoms with Crippen LogP contribution < -0.4 is 0 Å². The molecule has 0 aromatic heterocycles. The zero-order chi connectivity index (χ0) is 12.4. The molecule has 0 unspecified atom stereocenters. The molecule has 4 heteroatoms. The largest absolute Gasteiger partial charge is 0.508 e. The standard InChI is InChI=1S/C13H17NO3/c1-9-7-10(15)4-5-12(9)13(17)14-6-2-3-11(16)8-14/h4-5,7,11,15-16H,2-3,6,8H2,1H3/t11-/m0/s1. The van der Waals surface area contributed by atoms with Crippen LogP contribution in [0, 0.1) is 6.92 Å². The Hall–Kier alpha value is -1.55. The maximum absolute atomic E-state index is 12.2. The van der Waals surface area contributed by atoms with E-state index in [1.54, 1.807) is 24.0 Å². The molecule has 0 bridgehead atoms. The average Bonchev–Trinajstić information content (AvgIpc) is 2.28. The Morgan fingerprint density at radius 3 is 2.88 bits per heavy atom. The molecule has 1 saturated heterocycles. The molecule has 92 valence electrons. The number of likely N-dealkylation sites (tertiary alicyclic amines) is 1. The van der Waals surface area contributed by atoms with E-state index in [9.17, 15) is 15.0 Å². The number of hydrogen-bond acceptors (Lipinski definition) is 3. The van der Waals surface area contributed by atoms with E-state index < -0.39 is 6.10 Å². The second-order valence-corrected chi connectivity index (χ2v) is 4.55. The molecule has 1 atom stereocenters. The number of aryl methyl sites for hydroxylation is 1. The topological polar surface area (TPSA) is 60.8 Å². The van der Waals surface area contributed by atoms with E-state index in [0.717, 1.165) is 18.4 Å². The quantitative estimate of drug-likeness (QED) is 0.771. The van der Waals surface area contributed by atoms with Crippen molar-refractivity contribution in [3.63, 3.8) is 0 Å². The third-order valence-electron chi connectivity index (χ3n) is 3.12. The first kappa shape index (κ1) is 11.9. The Labute approximate surface area is 100 Å². The highest BCUT2D eigenvalue weighted by molar-refractivity contribution is 5.95. The number of carbonyl (C=O) groups is 1. The summed E-state index contributed by atoms with van der Waals surface area (Å²) in [5, 5.41) is 18.9.